The maximum Gasteiger partial charge on any atom is 0.125 e. The SMILES string of the molecule is Cc1ccc(-c2nccs2)c(-n2cccn2)c1. The lowest BCUT2D eigenvalue weighted by atomic mass is 10.1. The van der Waals surface area contributed by atoms with Gasteiger partial charge in [0.05, 0.1) is 5.69 Å². The van der Waals surface area contributed by atoms with E-state index in [4.69, 9.17) is 0 Å². The number of aromatic nitrogens is 3. The molecule has 17 heavy (non-hydrogen) atoms. The van der Waals surface area contributed by atoms with Crippen LogP contribution in [0.1, 0.15) is 5.56 Å². The highest BCUT2D eigenvalue weighted by molar-refractivity contribution is 7.13. The minimum atomic E-state index is 1.02. The number of thiazole rings is 1. The molecule has 3 aromatic rings. The molecule has 0 radical (unpaired) electrons. The molecule has 0 N–H and O–H groups in total. The minimum Gasteiger partial charge on any atom is -0.244 e. The third kappa shape index (κ3) is 1.87. The molecule has 3 rings (SSSR count). The molecule has 0 saturated heterocycles. The van der Waals surface area contributed by atoms with Gasteiger partial charge in [0, 0.05) is 29.5 Å². The minimum absolute atomic E-state index is 1.02. The number of nitrogens with zero attached hydrogens (tertiary/aromatic N) is 3. The monoisotopic (exact) mass is 241 g/mol. The van der Waals surface area contributed by atoms with E-state index in [0.29, 0.717) is 0 Å². The first-order valence-corrected chi connectivity index (χ1v) is 6.23. The van der Waals surface area contributed by atoms with Gasteiger partial charge in [0.15, 0.2) is 0 Å². The van der Waals surface area contributed by atoms with Crippen LogP contribution in [0.25, 0.3) is 16.3 Å². The summed E-state index contributed by atoms with van der Waals surface area (Å²) in [6, 6.07) is 8.26. The van der Waals surface area contributed by atoms with Crippen LogP contribution < -0.4 is 0 Å². The zero-order valence-electron chi connectivity index (χ0n) is 9.37. The van der Waals surface area contributed by atoms with Gasteiger partial charge in [-0.05, 0) is 30.7 Å². The van der Waals surface area contributed by atoms with Crippen molar-refractivity contribution in [2.75, 3.05) is 0 Å². The topological polar surface area (TPSA) is 30.7 Å². The van der Waals surface area contributed by atoms with Crippen LogP contribution in [-0.2, 0) is 0 Å². The Hall–Kier alpha value is -1.94. The van der Waals surface area contributed by atoms with Crippen LogP contribution in [-0.4, -0.2) is 14.8 Å². The number of hydrogen-bond donors (Lipinski definition) is 0. The molecule has 0 atom stereocenters. The molecule has 0 fully saturated rings. The van der Waals surface area contributed by atoms with Crippen molar-refractivity contribution < 1.29 is 0 Å². The highest BCUT2D eigenvalue weighted by Crippen LogP contribution is 2.28. The fourth-order valence-electron chi connectivity index (χ4n) is 1.78. The Morgan fingerprint density at radius 3 is 2.88 bits per heavy atom. The molecule has 2 aromatic heterocycles. The standard InChI is InChI=1S/C13H11N3S/c1-10-3-4-11(13-14-6-8-17-13)12(9-10)16-7-2-5-15-16/h2-9H,1H3. The van der Waals surface area contributed by atoms with E-state index in [9.17, 15) is 0 Å². The van der Waals surface area contributed by atoms with E-state index in [-0.39, 0.29) is 0 Å². The second kappa shape index (κ2) is 4.14. The van der Waals surface area contributed by atoms with Crippen molar-refractivity contribution in [3.8, 4) is 16.3 Å². The van der Waals surface area contributed by atoms with Gasteiger partial charge in [-0.3, -0.25) is 0 Å². The summed E-state index contributed by atoms with van der Waals surface area (Å²) in [5.74, 6) is 0. The molecule has 0 unspecified atom stereocenters. The lowest BCUT2D eigenvalue weighted by Gasteiger charge is -2.08. The zero-order valence-corrected chi connectivity index (χ0v) is 10.2. The first-order chi connectivity index (χ1) is 8.34. The number of rotatable bonds is 2. The van der Waals surface area contributed by atoms with E-state index < -0.39 is 0 Å². The van der Waals surface area contributed by atoms with E-state index in [1.54, 1.807) is 17.5 Å². The molecule has 0 bridgehead atoms. The van der Waals surface area contributed by atoms with E-state index in [1.807, 2.05) is 28.5 Å². The first kappa shape index (κ1) is 10.2. The van der Waals surface area contributed by atoms with E-state index in [1.165, 1.54) is 5.56 Å². The molecule has 0 aliphatic rings. The Kier molecular flexibility index (Phi) is 2.49. The lowest BCUT2D eigenvalue weighted by molar-refractivity contribution is 0.880. The van der Waals surface area contributed by atoms with Gasteiger partial charge in [-0.1, -0.05) is 6.07 Å². The Balaban J connectivity index is 2.22. The van der Waals surface area contributed by atoms with Crippen molar-refractivity contribution in [1.82, 2.24) is 14.8 Å². The van der Waals surface area contributed by atoms with E-state index in [2.05, 4.69) is 35.2 Å². The second-order valence-corrected chi connectivity index (χ2v) is 4.70. The maximum absolute atomic E-state index is 4.36. The predicted molar refractivity (Wildman–Crippen MR) is 69.4 cm³/mol. The van der Waals surface area contributed by atoms with Crippen LogP contribution in [0.3, 0.4) is 0 Å². The Labute approximate surface area is 103 Å². The largest absolute Gasteiger partial charge is 0.244 e. The zero-order chi connectivity index (χ0) is 11.7. The first-order valence-electron chi connectivity index (χ1n) is 5.35. The van der Waals surface area contributed by atoms with Crippen LogP contribution in [0.4, 0.5) is 0 Å². The van der Waals surface area contributed by atoms with Gasteiger partial charge in [0.1, 0.15) is 5.01 Å². The summed E-state index contributed by atoms with van der Waals surface area (Å²) in [6.45, 7) is 2.08. The summed E-state index contributed by atoms with van der Waals surface area (Å²) in [7, 11) is 0. The predicted octanol–water partition coefficient (Wildman–Crippen LogP) is 3.30. The molecule has 0 spiro atoms. The van der Waals surface area contributed by atoms with Crippen molar-refractivity contribution in [2.24, 2.45) is 0 Å². The summed E-state index contributed by atoms with van der Waals surface area (Å²) in [6.07, 6.45) is 5.56. The van der Waals surface area contributed by atoms with Crippen molar-refractivity contribution in [2.45, 2.75) is 6.92 Å². The van der Waals surface area contributed by atoms with Crippen molar-refractivity contribution in [1.29, 1.82) is 0 Å². The van der Waals surface area contributed by atoms with Crippen LogP contribution in [0.15, 0.2) is 48.2 Å². The average Bonchev–Trinajstić information content (AvgIpc) is 3.02. The molecule has 0 amide bonds. The van der Waals surface area contributed by atoms with Gasteiger partial charge >= 0.3 is 0 Å². The molecular formula is C13H11N3S. The van der Waals surface area contributed by atoms with Crippen molar-refractivity contribution >= 4 is 11.3 Å². The highest BCUT2D eigenvalue weighted by atomic mass is 32.1. The van der Waals surface area contributed by atoms with E-state index in [0.717, 1.165) is 16.3 Å². The van der Waals surface area contributed by atoms with Crippen LogP contribution in [0.2, 0.25) is 0 Å². The van der Waals surface area contributed by atoms with E-state index >= 15 is 0 Å². The van der Waals surface area contributed by atoms with Gasteiger partial charge < -0.3 is 0 Å². The molecule has 0 saturated carbocycles. The summed E-state index contributed by atoms with van der Waals surface area (Å²) in [5, 5.41) is 7.30. The summed E-state index contributed by atoms with van der Waals surface area (Å²) >= 11 is 1.64. The third-order valence-electron chi connectivity index (χ3n) is 2.57. The van der Waals surface area contributed by atoms with Gasteiger partial charge in [0.2, 0.25) is 0 Å². The third-order valence-corrected chi connectivity index (χ3v) is 3.37. The molecule has 2 heterocycles. The summed E-state index contributed by atoms with van der Waals surface area (Å²) in [5.41, 5.74) is 3.41. The molecule has 1 aromatic carbocycles. The summed E-state index contributed by atoms with van der Waals surface area (Å²) in [4.78, 5) is 4.36. The average molecular weight is 241 g/mol. The maximum atomic E-state index is 4.36. The van der Waals surface area contributed by atoms with Gasteiger partial charge in [-0.2, -0.15) is 5.10 Å². The van der Waals surface area contributed by atoms with Gasteiger partial charge in [-0.15, -0.1) is 11.3 Å². The highest BCUT2D eigenvalue weighted by Gasteiger charge is 2.09. The number of hydrogen-bond acceptors (Lipinski definition) is 3. The number of benzene rings is 1. The van der Waals surface area contributed by atoms with Gasteiger partial charge in [0.25, 0.3) is 0 Å². The van der Waals surface area contributed by atoms with Crippen LogP contribution >= 0.6 is 11.3 Å². The molecular weight excluding hydrogens is 230 g/mol. The molecule has 0 aliphatic carbocycles. The molecule has 84 valence electrons. The fraction of sp³-hybridized carbons (Fsp3) is 0.0769. The normalized spacial score (nSPS) is 10.6. The Morgan fingerprint density at radius 1 is 1.24 bits per heavy atom. The summed E-state index contributed by atoms with van der Waals surface area (Å²) < 4.78 is 1.88. The number of aryl methyl sites for hydroxylation is 1. The van der Waals surface area contributed by atoms with Crippen molar-refractivity contribution in [3.05, 3.63) is 53.8 Å². The molecule has 0 aliphatic heterocycles. The fourth-order valence-corrected chi connectivity index (χ4v) is 2.45. The molecule has 4 heteroatoms. The quantitative estimate of drug-likeness (QED) is 0.689. The van der Waals surface area contributed by atoms with Crippen LogP contribution in [0, 0.1) is 6.92 Å². The van der Waals surface area contributed by atoms with Crippen LogP contribution in [0.5, 0.6) is 0 Å². The smallest absolute Gasteiger partial charge is 0.125 e. The Bertz CT molecular complexity index is 612. The molecule has 3 nitrogen and oxygen atoms in total. The lowest BCUT2D eigenvalue weighted by Crippen LogP contribution is -1.97. The van der Waals surface area contributed by atoms with Gasteiger partial charge in [-0.25, -0.2) is 9.67 Å². The van der Waals surface area contributed by atoms with Crippen molar-refractivity contribution in [3.63, 3.8) is 0 Å². The Morgan fingerprint density at radius 2 is 2.18 bits per heavy atom. The second-order valence-electron chi connectivity index (χ2n) is 3.81.